The lowest BCUT2D eigenvalue weighted by molar-refractivity contribution is -0.137. The second-order valence-corrected chi connectivity index (χ2v) is 13.2. The first-order valence-corrected chi connectivity index (χ1v) is 16.3. The highest BCUT2D eigenvalue weighted by atomic mass is 16.3. The molecule has 2 saturated carbocycles. The van der Waals surface area contributed by atoms with Gasteiger partial charge in [-0.3, -0.25) is 19.9 Å². The third-order valence-corrected chi connectivity index (χ3v) is 10.5. The van der Waals surface area contributed by atoms with E-state index < -0.39 is 11.5 Å². The zero-order valence-electron chi connectivity index (χ0n) is 25.8. The van der Waals surface area contributed by atoms with Crippen LogP contribution in [0.1, 0.15) is 80.4 Å². The number of hydrogen-bond donors (Lipinski definition) is 3. The van der Waals surface area contributed by atoms with Crippen LogP contribution in [0, 0.1) is 17.2 Å². The first kappa shape index (κ1) is 30.3. The number of aliphatic imine (C=N–C) groups is 1. The molecule has 8 heteroatoms. The Kier molecular flexibility index (Phi) is 8.98. The zero-order chi connectivity index (χ0) is 30.7. The molecule has 6 rings (SSSR count). The van der Waals surface area contributed by atoms with Crippen LogP contribution in [0.4, 0.5) is 0 Å². The number of nitrogens with one attached hydrogen (secondary N) is 2. The fourth-order valence-electron chi connectivity index (χ4n) is 7.47. The van der Waals surface area contributed by atoms with Crippen LogP contribution >= 0.6 is 0 Å². The van der Waals surface area contributed by atoms with E-state index >= 15 is 0 Å². The molecule has 2 aromatic rings. The summed E-state index contributed by atoms with van der Waals surface area (Å²) in [5.41, 5.74) is 3.01. The van der Waals surface area contributed by atoms with Crippen molar-refractivity contribution in [3.05, 3.63) is 77.0 Å². The van der Waals surface area contributed by atoms with E-state index in [1.54, 1.807) is 11.9 Å². The summed E-state index contributed by atoms with van der Waals surface area (Å²) < 4.78 is 0. The number of carbonyl (C=O) groups excluding carboxylic acids is 2. The molecule has 2 atom stereocenters. The number of likely N-dealkylation sites (tertiary alicyclic amines) is 1. The van der Waals surface area contributed by atoms with Gasteiger partial charge in [-0.05, 0) is 73.0 Å². The smallest absolute Gasteiger partial charge is 0.279 e. The Bertz CT molecular complexity index is 1420. The number of β-amino-alcohol motifs (C(OH)–C–C–N with tert-alkyl or cyclic N) is 1. The molecule has 1 saturated heterocycles. The molecule has 0 spiro atoms. The van der Waals surface area contributed by atoms with Gasteiger partial charge in [0.25, 0.3) is 5.91 Å². The summed E-state index contributed by atoms with van der Waals surface area (Å²) in [4.78, 5) is 33.7. The number of aryl methyl sites for hydroxylation is 1. The Morgan fingerprint density at radius 3 is 2.41 bits per heavy atom. The lowest BCUT2D eigenvalue weighted by atomic mass is 9.75. The quantitative estimate of drug-likeness (QED) is 0.373. The lowest BCUT2D eigenvalue weighted by Gasteiger charge is -2.40. The molecule has 4 aliphatic rings. The number of hydrogen-bond acceptors (Lipinski definition) is 6. The first-order chi connectivity index (χ1) is 21.3. The lowest BCUT2D eigenvalue weighted by Crippen LogP contribution is -2.54. The second kappa shape index (κ2) is 13.1. The largest absolute Gasteiger partial charge is 0.388 e. The summed E-state index contributed by atoms with van der Waals surface area (Å²) in [6.07, 6.45) is 11.4. The molecular formula is C36H45N5O3. The predicted molar refractivity (Wildman–Crippen MR) is 173 cm³/mol. The van der Waals surface area contributed by atoms with Crippen molar-refractivity contribution in [1.82, 2.24) is 15.1 Å². The van der Waals surface area contributed by atoms with E-state index in [9.17, 15) is 14.7 Å². The van der Waals surface area contributed by atoms with Crippen LogP contribution in [-0.2, 0) is 16.0 Å². The predicted octanol–water partition coefficient (Wildman–Crippen LogP) is 5.13. The summed E-state index contributed by atoms with van der Waals surface area (Å²) in [5.74, 6) is 2.04. The van der Waals surface area contributed by atoms with Crippen LogP contribution in [0.25, 0.3) is 5.70 Å². The summed E-state index contributed by atoms with van der Waals surface area (Å²) in [5, 5.41) is 23.2. The van der Waals surface area contributed by atoms with Crippen LogP contribution in [-0.4, -0.2) is 71.1 Å². The summed E-state index contributed by atoms with van der Waals surface area (Å²) >= 11 is 0. The van der Waals surface area contributed by atoms with Crippen molar-refractivity contribution in [2.45, 2.75) is 75.7 Å². The summed E-state index contributed by atoms with van der Waals surface area (Å²) in [7, 11) is 1.79. The van der Waals surface area contributed by atoms with E-state index in [2.05, 4.69) is 34.6 Å². The van der Waals surface area contributed by atoms with Gasteiger partial charge in [0.15, 0.2) is 0 Å². The Balaban J connectivity index is 1.06. The monoisotopic (exact) mass is 595 g/mol. The average Bonchev–Trinajstić information content (AvgIpc) is 3.49. The zero-order valence-corrected chi connectivity index (χ0v) is 25.8. The number of nitrogens with zero attached hydrogens (tertiary/aromatic N) is 3. The Labute approximate surface area is 260 Å². The fraction of sp³-hybridized carbons (Fsp3) is 0.500. The minimum Gasteiger partial charge on any atom is -0.388 e. The van der Waals surface area contributed by atoms with Crippen LogP contribution in [0.15, 0.2) is 65.3 Å². The summed E-state index contributed by atoms with van der Waals surface area (Å²) in [6.45, 7) is 0.922. The Morgan fingerprint density at radius 1 is 1.02 bits per heavy atom. The molecule has 0 radical (unpaired) electrons. The maximum atomic E-state index is 13.3. The number of aliphatic hydroxyl groups is 1. The highest BCUT2D eigenvalue weighted by molar-refractivity contribution is 6.47. The molecule has 0 aromatic heterocycles. The van der Waals surface area contributed by atoms with Crippen LogP contribution in [0.3, 0.4) is 0 Å². The molecule has 2 aliphatic heterocycles. The van der Waals surface area contributed by atoms with Gasteiger partial charge in [0, 0.05) is 26.6 Å². The Hall–Kier alpha value is -3.78. The topological polar surface area (TPSA) is 109 Å². The molecule has 44 heavy (non-hydrogen) atoms. The Morgan fingerprint density at radius 2 is 1.75 bits per heavy atom. The van der Waals surface area contributed by atoms with E-state index in [1.807, 2.05) is 30.3 Å². The highest BCUT2D eigenvalue weighted by Gasteiger charge is 2.39. The van der Waals surface area contributed by atoms with Gasteiger partial charge < -0.3 is 15.3 Å². The molecule has 2 heterocycles. The minimum absolute atomic E-state index is 0.0455. The van der Waals surface area contributed by atoms with Gasteiger partial charge in [-0.25, -0.2) is 4.99 Å². The molecule has 0 bridgehead atoms. The third-order valence-electron chi connectivity index (χ3n) is 10.5. The average molecular weight is 596 g/mol. The fourth-order valence-corrected chi connectivity index (χ4v) is 7.47. The van der Waals surface area contributed by atoms with Gasteiger partial charge in [-0.15, -0.1) is 0 Å². The van der Waals surface area contributed by atoms with E-state index in [0.29, 0.717) is 56.1 Å². The van der Waals surface area contributed by atoms with E-state index in [0.717, 1.165) is 23.0 Å². The standard InChI is InChI=1S/C36H45N5O3/c1-38-33(28-13-11-27(12-14-28)30-16-15-29(22-30)26-8-5-9-26)34-32(37)35(43)41(24-39-34)23-36(44)18-20-40(21-19-36)31(42)17-10-25-6-3-2-4-7-25/h2-4,6-7,11-14,24,26,29-30,37-38,44H,5,8-10,15-23H2,1H3/b34-33+,37-32?. The van der Waals surface area contributed by atoms with Crippen molar-refractivity contribution in [2.24, 2.45) is 16.8 Å². The normalized spacial score (nSPS) is 24.8. The van der Waals surface area contributed by atoms with Crippen LogP contribution in [0.2, 0.25) is 0 Å². The molecular weight excluding hydrogens is 550 g/mol. The molecule has 2 aliphatic carbocycles. The number of rotatable bonds is 9. The number of carbonyl (C=O) groups is 2. The van der Waals surface area contributed by atoms with Gasteiger partial charge >= 0.3 is 0 Å². The van der Waals surface area contributed by atoms with E-state index in [1.165, 1.54) is 55.3 Å². The van der Waals surface area contributed by atoms with Crippen molar-refractivity contribution in [3.8, 4) is 0 Å². The van der Waals surface area contributed by atoms with Gasteiger partial charge in [0.1, 0.15) is 11.4 Å². The van der Waals surface area contributed by atoms with Crippen LogP contribution < -0.4 is 5.32 Å². The van der Waals surface area contributed by atoms with E-state index in [4.69, 9.17) is 5.41 Å². The van der Waals surface area contributed by atoms with Gasteiger partial charge in [-0.1, -0.05) is 73.9 Å². The van der Waals surface area contributed by atoms with Crippen molar-refractivity contribution in [2.75, 3.05) is 26.7 Å². The van der Waals surface area contributed by atoms with Gasteiger partial charge in [0.05, 0.1) is 24.2 Å². The number of piperidine rings is 1. The van der Waals surface area contributed by atoms with Crippen LogP contribution in [0.5, 0.6) is 0 Å². The minimum atomic E-state index is -1.14. The second-order valence-electron chi connectivity index (χ2n) is 13.2. The molecule has 2 unspecified atom stereocenters. The number of amides is 2. The van der Waals surface area contributed by atoms with Crippen molar-refractivity contribution in [3.63, 3.8) is 0 Å². The van der Waals surface area contributed by atoms with Crippen molar-refractivity contribution < 1.29 is 14.7 Å². The molecule has 8 nitrogen and oxygen atoms in total. The van der Waals surface area contributed by atoms with Crippen molar-refractivity contribution in [1.29, 1.82) is 5.41 Å². The maximum Gasteiger partial charge on any atom is 0.279 e. The molecule has 232 valence electrons. The summed E-state index contributed by atoms with van der Waals surface area (Å²) in [6, 6.07) is 18.5. The maximum absolute atomic E-state index is 13.3. The SMILES string of the molecule is CN/C(=C1/N=CN(CC2(O)CCN(C(=O)CCc3ccccc3)CC2)C(=O)C1=N)c1ccc(C2CCC(C3CCC3)C2)cc1. The number of benzene rings is 2. The highest BCUT2D eigenvalue weighted by Crippen LogP contribution is 2.47. The molecule has 2 amide bonds. The first-order valence-electron chi connectivity index (χ1n) is 16.3. The van der Waals surface area contributed by atoms with Crippen molar-refractivity contribution >= 4 is 29.6 Å². The third kappa shape index (κ3) is 6.50. The van der Waals surface area contributed by atoms with Gasteiger partial charge in [0.2, 0.25) is 5.91 Å². The molecule has 3 fully saturated rings. The van der Waals surface area contributed by atoms with Gasteiger partial charge in [-0.2, -0.15) is 0 Å². The molecule has 2 aromatic carbocycles. The van der Waals surface area contributed by atoms with E-state index in [-0.39, 0.29) is 18.2 Å². The molecule has 3 N–H and O–H groups in total.